The van der Waals surface area contributed by atoms with Gasteiger partial charge < -0.3 is 10.1 Å². The van der Waals surface area contributed by atoms with E-state index in [-0.39, 0.29) is 24.7 Å². The van der Waals surface area contributed by atoms with Gasteiger partial charge in [0.15, 0.2) is 0 Å². The lowest BCUT2D eigenvalue weighted by atomic mass is 10.1. The first kappa shape index (κ1) is 19.3. The van der Waals surface area contributed by atoms with E-state index in [1.54, 1.807) is 18.2 Å². The van der Waals surface area contributed by atoms with Crippen molar-refractivity contribution in [3.63, 3.8) is 0 Å². The molecule has 0 atom stereocenters. The minimum atomic E-state index is -0.377. The van der Waals surface area contributed by atoms with Crippen molar-refractivity contribution in [3.8, 4) is 0 Å². The Morgan fingerprint density at radius 2 is 1.72 bits per heavy atom. The molecule has 6 heteroatoms. The summed E-state index contributed by atoms with van der Waals surface area (Å²) in [5.41, 5.74) is 1.75. The molecule has 0 radical (unpaired) electrons. The number of esters is 1. The van der Waals surface area contributed by atoms with E-state index >= 15 is 0 Å². The number of carbonyl (C=O) groups is 2. The molecule has 1 amide bonds. The monoisotopic (exact) mass is 379 g/mol. The maximum Gasteiger partial charge on any atom is 0.306 e. The van der Waals surface area contributed by atoms with Crippen molar-refractivity contribution >= 4 is 40.8 Å². The number of benzene rings is 2. The molecule has 0 aliphatic heterocycles. The highest BCUT2D eigenvalue weighted by Crippen LogP contribution is 2.25. The summed E-state index contributed by atoms with van der Waals surface area (Å²) in [4.78, 5) is 23.5. The molecule has 0 saturated heterocycles. The van der Waals surface area contributed by atoms with E-state index in [0.717, 1.165) is 12.8 Å². The molecular weight excluding hydrogens is 361 g/mol. The maximum atomic E-state index is 11.8. The molecule has 0 fully saturated rings. The zero-order valence-corrected chi connectivity index (χ0v) is 15.1. The lowest BCUT2D eigenvalue weighted by Crippen LogP contribution is -2.15. The number of hydrogen-bond donors (Lipinski definition) is 1. The molecular formula is C19H19Cl2NO3. The molecule has 1 N–H and O–H groups in total. The highest BCUT2D eigenvalue weighted by Gasteiger charge is 2.09. The number of aryl methyl sites for hydroxylation is 1. The fraction of sp³-hybridized carbons (Fsp3) is 0.263. The molecule has 0 aliphatic rings. The lowest BCUT2D eigenvalue weighted by molar-refractivity contribution is -0.144. The van der Waals surface area contributed by atoms with Crippen LogP contribution in [0.1, 0.15) is 24.8 Å². The summed E-state index contributed by atoms with van der Waals surface area (Å²) in [7, 11) is 0. The van der Waals surface area contributed by atoms with Crippen LogP contribution in [0.3, 0.4) is 0 Å². The first-order valence-electron chi connectivity index (χ1n) is 7.99. The van der Waals surface area contributed by atoms with Crippen LogP contribution >= 0.6 is 23.2 Å². The molecule has 25 heavy (non-hydrogen) atoms. The van der Waals surface area contributed by atoms with E-state index in [1.807, 2.05) is 30.3 Å². The van der Waals surface area contributed by atoms with Gasteiger partial charge in [-0.15, -0.1) is 0 Å². The molecule has 0 bridgehead atoms. The van der Waals surface area contributed by atoms with Gasteiger partial charge in [-0.25, -0.2) is 0 Å². The molecule has 0 unspecified atom stereocenters. The van der Waals surface area contributed by atoms with Gasteiger partial charge in [0.05, 0.1) is 23.1 Å². The van der Waals surface area contributed by atoms with Crippen molar-refractivity contribution in [2.75, 3.05) is 11.9 Å². The third-order valence-electron chi connectivity index (χ3n) is 3.48. The Morgan fingerprint density at radius 3 is 2.44 bits per heavy atom. The van der Waals surface area contributed by atoms with E-state index in [4.69, 9.17) is 27.9 Å². The number of amides is 1. The predicted molar refractivity (Wildman–Crippen MR) is 100 cm³/mol. The largest absolute Gasteiger partial charge is 0.466 e. The Hall–Kier alpha value is -2.04. The van der Waals surface area contributed by atoms with Gasteiger partial charge in [0.25, 0.3) is 0 Å². The molecule has 0 spiro atoms. The van der Waals surface area contributed by atoms with Gasteiger partial charge in [-0.3, -0.25) is 9.59 Å². The van der Waals surface area contributed by atoms with Gasteiger partial charge in [0.2, 0.25) is 5.91 Å². The second kappa shape index (κ2) is 10.1. The molecule has 2 aromatic carbocycles. The quantitative estimate of drug-likeness (QED) is 0.524. The Bertz CT molecular complexity index is 720. The first-order valence-corrected chi connectivity index (χ1v) is 8.74. The number of halogens is 2. The molecule has 4 nitrogen and oxygen atoms in total. The molecule has 2 aromatic rings. The van der Waals surface area contributed by atoms with Gasteiger partial charge in [0, 0.05) is 12.1 Å². The number of ether oxygens (including phenoxy) is 1. The Labute approximate surface area is 157 Å². The summed E-state index contributed by atoms with van der Waals surface area (Å²) >= 11 is 11.7. The number of anilines is 1. The smallest absolute Gasteiger partial charge is 0.306 e. The van der Waals surface area contributed by atoms with Crippen LogP contribution in [0, 0.1) is 0 Å². The molecule has 2 rings (SSSR count). The Kier molecular flexibility index (Phi) is 7.76. The van der Waals surface area contributed by atoms with Crippen LogP contribution in [0.4, 0.5) is 5.69 Å². The summed E-state index contributed by atoms with van der Waals surface area (Å²) in [5, 5.41) is 3.44. The molecule has 0 heterocycles. The summed E-state index contributed by atoms with van der Waals surface area (Å²) in [6, 6.07) is 14.8. The normalized spacial score (nSPS) is 10.3. The SMILES string of the molecule is O=C(CCC(=O)OCCCc1ccccc1)Nc1ccc(Cl)c(Cl)c1. The van der Waals surface area contributed by atoms with E-state index in [9.17, 15) is 9.59 Å². The zero-order chi connectivity index (χ0) is 18.1. The number of hydrogen-bond acceptors (Lipinski definition) is 3. The second-order valence-corrected chi connectivity index (χ2v) is 6.30. The van der Waals surface area contributed by atoms with Gasteiger partial charge in [-0.05, 0) is 36.6 Å². The van der Waals surface area contributed by atoms with Crippen molar-refractivity contribution in [1.82, 2.24) is 0 Å². The van der Waals surface area contributed by atoms with Crippen molar-refractivity contribution in [1.29, 1.82) is 0 Å². The fourth-order valence-electron chi connectivity index (χ4n) is 2.19. The van der Waals surface area contributed by atoms with Gasteiger partial charge >= 0.3 is 5.97 Å². The minimum Gasteiger partial charge on any atom is -0.466 e. The minimum absolute atomic E-state index is 0.0402. The van der Waals surface area contributed by atoms with Gasteiger partial charge in [-0.2, -0.15) is 0 Å². The topological polar surface area (TPSA) is 55.4 Å². The molecule has 0 saturated carbocycles. The first-order chi connectivity index (χ1) is 12.0. The van der Waals surface area contributed by atoms with Crippen LogP contribution < -0.4 is 5.32 Å². The van der Waals surface area contributed by atoms with Crippen LogP contribution in [-0.4, -0.2) is 18.5 Å². The van der Waals surface area contributed by atoms with Crippen molar-refractivity contribution in [3.05, 3.63) is 64.1 Å². The van der Waals surface area contributed by atoms with Crippen molar-refractivity contribution in [2.24, 2.45) is 0 Å². The standard InChI is InChI=1S/C19H19Cl2NO3/c20-16-9-8-15(13-17(16)21)22-18(23)10-11-19(24)25-12-4-7-14-5-2-1-3-6-14/h1-3,5-6,8-9,13H,4,7,10-12H2,(H,22,23). The lowest BCUT2D eigenvalue weighted by Gasteiger charge is -2.07. The summed E-state index contributed by atoms with van der Waals surface area (Å²) in [6.07, 6.45) is 1.70. The highest BCUT2D eigenvalue weighted by atomic mass is 35.5. The van der Waals surface area contributed by atoms with Crippen LogP contribution in [0.25, 0.3) is 0 Å². The summed E-state index contributed by atoms with van der Waals surface area (Å²) in [5.74, 6) is -0.656. The highest BCUT2D eigenvalue weighted by molar-refractivity contribution is 6.42. The van der Waals surface area contributed by atoms with Crippen LogP contribution in [0.5, 0.6) is 0 Å². The predicted octanol–water partition coefficient (Wildman–Crippen LogP) is 4.89. The van der Waals surface area contributed by atoms with Crippen LogP contribution in [0.15, 0.2) is 48.5 Å². The Balaban J connectivity index is 1.62. The van der Waals surface area contributed by atoms with Crippen molar-refractivity contribution < 1.29 is 14.3 Å². The molecule has 132 valence electrons. The van der Waals surface area contributed by atoms with Gasteiger partial charge in [0.1, 0.15) is 0 Å². The second-order valence-electron chi connectivity index (χ2n) is 5.49. The summed E-state index contributed by atoms with van der Waals surface area (Å²) in [6.45, 7) is 0.349. The average Bonchev–Trinajstić information content (AvgIpc) is 2.61. The Morgan fingerprint density at radius 1 is 0.960 bits per heavy atom. The van der Waals surface area contributed by atoms with E-state index < -0.39 is 0 Å². The number of carbonyl (C=O) groups excluding carboxylic acids is 2. The fourth-order valence-corrected chi connectivity index (χ4v) is 2.49. The average molecular weight is 380 g/mol. The number of rotatable bonds is 8. The van der Waals surface area contributed by atoms with Crippen molar-refractivity contribution in [2.45, 2.75) is 25.7 Å². The summed E-state index contributed by atoms with van der Waals surface area (Å²) < 4.78 is 5.14. The zero-order valence-electron chi connectivity index (χ0n) is 13.6. The van der Waals surface area contributed by atoms with E-state index in [2.05, 4.69) is 5.32 Å². The number of nitrogens with one attached hydrogen (secondary N) is 1. The molecule has 0 aliphatic carbocycles. The third kappa shape index (κ3) is 7.16. The van der Waals surface area contributed by atoms with E-state index in [0.29, 0.717) is 22.3 Å². The third-order valence-corrected chi connectivity index (χ3v) is 4.21. The van der Waals surface area contributed by atoms with Crippen LogP contribution in [-0.2, 0) is 20.7 Å². The van der Waals surface area contributed by atoms with Crippen LogP contribution in [0.2, 0.25) is 10.0 Å². The maximum absolute atomic E-state index is 11.8. The van der Waals surface area contributed by atoms with Gasteiger partial charge in [-0.1, -0.05) is 53.5 Å². The van der Waals surface area contributed by atoms with E-state index in [1.165, 1.54) is 5.56 Å². The molecule has 0 aromatic heterocycles.